The lowest BCUT2D eigenvalue weighted by Gasteiger charge is -2.01. The number of halogens is 2. The fourth-order valence-corrected chi connectivity index (χ4v) is 2.56. The molecule has 0 aliphatic rings. The van der Waals surface area contributed by atoms with Gasteiger partial charge < -0.3 is 4.42 Å². The molecule has 0 radical (unpaired) electrons. The average molecular weight is 404 g/mol. The molecular formula is C18H11Cl2N3O4. The molecule has 2 aromatic carbocycles. The van der Waals surface area contributed by atoms with Gasteiger partial charge in [0.05, 0.1) is 26.7 Å². The van der Waals surface area contributed by atoms with E-state index in [9.17, 15) is 14.9 Å². The number of carbonyl (C=O) groups is 1. The monoisotopic (exact) mass is 403 g/mol. The van der Waals surface area contributed by atoms with Gasteiger partial charge in [0.1, 0.15) is 11.5 Å². The van der Waals surface area contributed by atoms with Gasteiger partial charge >= 0.3 is 0 Å². The molecule has 1 heterocycles. The van der Waals surface area contributed by atoms with Gasteiger partial charge in [0.2, 0.25) is 0 Å². The summed E-state index contributed by atoms with van der Waals surface area (Å²) in [5.41, 5.74) is 2.91. The van der Waals surface area contributed by atoms with Crippen molar-refractivity contribution in [3.05, 3.63) is 86.1 Å². The second kappa shape index (κ2) is 8.03. The number of nitrogens with one attached hydrogen (secondary N) is 1. The molecule has 0 bridgehead atoms. The number of para-hydroxylation sites is 1. The van der Waals surface area contributed by atoms with Gasteiger partial charge in [-0.15, -0.1) is 0 Å². The lowest BCUT2D eigenvalue weighted by Crippen LogP contribution is -2.17. The molecule has 3 rings (SSSR count). The van der Waals surface area contributed by atoms with E-state index < -0.39 is 10.8 Å². The normalized spacial score (nSPS) is 10.9. The van der Waals surface area contributed by atoms with E-state index in [-0.39, 0.29) is 10.7 Å². The smallest absolute Gasteiger partial charge is 0.280 e. The minimum absolute atomic E-state index is 0.0664. The third-order valence-corrected chi connectivity index (χ3v) is 4.27. The molecule has 0 saturated carbocycles. The van der Waals surface area contributed by atoms with Crippen molar-refractivity contribution >= 4 is 41.0 Å². The second-order valence-corrected chi connectivity index (χ2v) is 6.12. The summed E-state index contributed by atoms with van der Waals surface area (Å²) in [7, 11) is 0. The van der Waals surface area contributed by atoms with E-state index in [2.05, 4.69) is 10.5 Å². The Morgan fingerprint density at radius 1 is 1.11 bits per heavy atom. The number of hydrogen-bond donors (Lipinski definition) is 1. The summed E-state index contributed by atoms with van der Waals surface area (Å²) < 4.78 is 5.54. The molecule has 1 aromatic heterocycles. The van der Waals surface area contributed by atoms with Crippen LogP contribution in [0, 0.1) is 10.1 Å². The summed E-state index contributed by atoms with van der Waals surface area (Å²) >= 11 is 11.7. The van der Waals surface area contributed by atoms with Gasteiger partial charge in [-0.2, -0.15) is 5.10 Å². The summed E-state index contributed by atoms with van der Waals surface area (Å²) in [6.45, 7) is 0. The summed E-state index contributed by atoms with van der Waals surface area (Å²) in [5, 5.41) is 15.5. The highest BCUT2D eigenvalue weighted by atomic mass is 35.5. The maximum atomic E-state index is 12.0. The molecule has 9 heteroatoms. The predicted molar refractivity (Wildman–Crippen MR) is 102 cm³/mol. The largest absolute Gasteiger partial charge is 0.455 e. The topological polar surface area (TPSA) is 97.7 Å². The summed E-state index contributed by atoms with van der Waals surface area (Å²) in [6.07, 6.45) is 1.29. The van der Waals surface area contributed by atoms with Crippen molar-refractivity contribution in [1.82, 2.24) is 5.43 Å². The van der Waals surface area contributed by atoms with E-state index >= 15 is 0 Å². The van der Waals surface area contributed by atoms with E-state index in [0.717, 1.165) is 0 Å². The Labute approximate surface area is 163 Å². The molecule has 0 unspecified atom stereocenters. The third-order valence-electron chi connectivity index (χ3n) is 3.53. The van der Waals surface area contributed by atoms with Crippen molar-refractivity contribution < 1.29 is 14.1 Å². The average Bonchev–Trinajstić information content (AvgIpc) is 3.12. The Morgan fingerprint density at radius 2 is 1.89 bits per heavy atom. The number of benzene rings is 2. The van der Waals surface area contributed by atoms with Crippen LogP contribution in [-0.2, 0) is 0 Å². The van der Waals surface area contributed by atoms with Crippen molar-refractivity contribution in [3.8, 4) is 11.3 Å². The number of nitrogens with zero attached hydrogens (tertiary/aromatic N) is 2. The van der Waals surface area contributed by atoms with Crippen LogP contribution in [0.5, 0.6) is 0 Å². The van der Waals surface area contributed by atoms with E-state index in [1.807, 2.05) is 0 Å². The Morgan fingerprint density at radius 3 is 2.63 bits per heavy atom. The van der Waals surface area contributed by atoms with E-state index in [1.165, 1.54) is 30.5 Å². The first kappa shape index (κ1) is 18.6. The minimum Gasteiger partial charge on any atom is -0.455 e. The van der Waals surface area contributed by atoms with Crippen LogP contribution in [0.25, 0.3) is 11.3 Å². The zero-order chi connectivity index (χ0) is 19.4. The van der Waals surface area contributed by atoms with Crippen LogP contribution in [0.15, 0.2) is 64.1 Å². The number of amides is 1. The van der Waals surface area contributed by atoms with Gasteiger partial charge in [0.15, 0.2) is 0 Å². The van der Waals surface area contributed by atoms with E-state index in [1.54, 1.807) is 30.3 Å². The molecule has 27 heavy (non-hydrogen) atoms. The van der Waals surface area contributed by atoms with Crippen molar-refractivity contribution in [1.29, 1.82) is 0 Å². The van der Waals surface area contributed by atoms with Crippen LogP contribution in [-0.4, -0.2) is 17.0 Å². The zero-order valence-corrected chi connectivity index (χ0v) is 15.1. The summed E-state index contributed by atoms with van der Waals surface area (Å²) in [4.78, 5) is 22.6. The number of carbonyl (C=O) groups excluding carboxylic acids is 1. The molecule has 3 aromatic rings. The molecule has 7 nitrogen and oxygen atoms in total. The van der Waals surface area contributed by atoms with Gasteiger partial charge in [-0.3, -0.25) is 14.9 Å². The SMILES string of the molecule is O=C(N/N=C\c1ccc(-c2ccccc2[N+](=O)[O-])o1)c1ccc(Cl)c(Cl)c1. The lowest BCUT2D eigenvalue weighted by atomic mass is 10.1. The molecule has 136 valence electrons. The van der Waals surface area contributed by atoms with Gasteiger partial charge in [-0.1, -0.05) is 35.3 Å². The van der Waals surface area contributed by atoms with E-state index in [0.29, 0.717) is 27.7 Å². The first-order valence-electron chi connectivity index (χ1n) is 7.58. The van der Waals surface area contributed by atoms with Crippen molar-refractivity contribution in [2.75, 3.05) is 0 Å². The Hall–Kier alpha value is -3.16. The lowest BCUT2D eigenvalue weighted by molar-refractivity contribution is -0.384. The number of hydrazone groups is 1. The molecule has 0 aliphatic carbocycles. The quantitative estimate of drug-likeness (QED) is 0.371. The van der Waals surface area contributed by atoms with Gasteiger partial charge in [-0.05, 0) is 36.4 Å². The van der Waals surface area contributed by atoms with Crippen LogP contribution < -0.4 is 5.43 Å². The molecule has 0 fully saturated rings. The van der Waals surface area contributed by atoms with Crippen molar-refractivity contribution in [2.45, 2.75) is 0 Å². The number of furan rings is 1. The number of nitro benzene ring substituents is 1. The van der Waals surface area contributed by atoms with Crippen molar-refractivity contribution in [2.24, 2.45) is 5.10 Å². The summed E-state index contributed by atoms with van der Waals surface area (Å²) in [6, 6.07) is 13.8. The molecular weight excluding hydrogens is 393 g/mol. The highest BCUT2D eigenvalue weighted by molar-refractivity contribution is 6.42. The van der Waals surface area contributed by atoms with Gasteiger partial charge in [0.25, 0.3) is 11.6 Å². The Balaban J connectivity index is 1.71. The first-order valence-corrected chi connectivity index (χ1v) is 8.33. The maximum absolute atomic E-state index is 12.0. The maximum Gasteiger partial charge on any atom is 0.280 e. The Bertz CT molecular complexity index is 1050. The van der Waals surface area contributed by atoms with Gasteiger partial charge in [-0.25, -0.2) is 5.43 Å². The molecule has 1 N–H and O–H groups in total. The number of nitro groups is 1. The van der Waals surface area contributed by atoms with Gasteiger partial charge in [0, 0.05) is 11.6 Å². The van der Waals surface area contributed by atoms with Crippen LogP contribution in [0.4, 0.5) is 5.69 Å². The highest BCUT2D eigenvalue weighted by Crippen LogP contribution is 2.30. The fraction of sp³-hybridized carbons (Fsp3) is 0. The second-order valence-electron chi connectivity index (χ2n) is 5.30. The minimum atomic E-state index is -0.483. The molecule has 0 aliphatic heterocycles. The van der Waals surface area contributed by atoms with Crippen LogP contribution in [0.2, 0.25) is 10.0 Å². The van der Waals surface area contributed by atoms with E-state index in [4.69, 9.17) is 27.6 Å². The third kappa shape index (κ3) is 4.33. The van der Waals surface area contributed by atoms with Crippen LogP contribution in [0.1, 0.15) is 16.1 Å². The molecule has 0 spiro atoms. The van der Waals surface area contributed by atoms with Crippen LogP contribution in [0.3, 0.4) is 0 Å². The zero-order valence-electron chi connectivity index (χ0n) is 13.6. The molecule has 0 atom stereocenters. The number of hydrogen-bond acceptors (Lipinski definition) is 5. The molecule has 1 amide bonds. The highest BCUT2D eigenvalue weighted by Gasteiger charge is 2.16. The fourth-order valence-electron chi connectivity index (χ4n) is 2.26. The standard InChI is InChI=1S/C18H11Cl2N3O4/c19-14-7-5-11(9-15(14)20)18(24)22-21-10-12-6-8-17(27-12)13-3-1-2-4-16(13)23(25)26/h1-10H,(H,22,24)/b21-10-. The predicted octanol–water partition coefficient (Wildman–Crippen LogP) is 4.93. The number of rotatable bonds is 5. The summed E-state index contributed by atoms with van der Waals surface area (Å²) in [5.74, 6) is 0.160. The van der Waals surface area contributed by atoms with Crippen LogP contribution >= 0.6 is 23.2 Å². The van der Waals surface area contributed by atoms with Crippen molar-refractivity contribution in [3.63, 3.8) is 0 Å². The Kier molecular flexibility index (Phi) is 5.54. The first-order chi connectivity index (χ1) is 13.0. The molecule has 0 saturated heterocycles.